The van der Waals surface area contributed by atoms with E-state index in [9.17, 15) is 9.90 Å². The Morgan fingerprint density at radius 3 is 2.63 bits per heavy atom. The van der Waals surface area contributed by atoms with Crippen LogP contribution >= 0.6 is 0 Å². The first-order chi connectivity index (χ1) is 18.6. The summed E-state index contributed by atoms with van der Waals surface area (Å²) in [6.45, 7) is 1.99. The van der Waals surface area contributed by atoms with Gasteiger partial charge >= 0.3 is 5.97 Å². The van der Waals surface area contributed by atoms with Gasteiger partial charge in [-0.25, -0.2) is 0 Å². The van der Waals surface area contributed by atoms with Crippen LogP contribution < -0.4 is 15.8 Å². The van der Waals surface area contributed by atoms with E-state index in [1.165, 1.54) is 0 Å². The van der Waals surface area contributed by atoms with Gasteiger partial charge in [-0.05, 0) is 58.7 Å². The molecule has 0 spiro atoms. The number of nitrogens with zero attached hydrogens (tertiary/aromatic N) is 1. The molecule has 0 fully saturated rings. The summed E-state index contributed by atoms with van der Waals surface area (Å²) in [5, 5.41) is 13.6. The highest BCUT2D eigenvalue weighted by Gasteiger charge is 2.14. The lowest BCUT2D eigenvalue weighted by Gasteiger charge is -2.12. The summed E-state index contributed by atoms with van der Waals surface area (Å²) in [4.78, 5) is 15.4. The summed E-state index contributed by atoms with van der Waals surface area (Å²) >= 11 is 0. The van der Waals surface area contributed by atoms with Gasteiger partial charge in [-0.3, -0.25) is 9.78 Å². The molecular formula is C31H29N3O4. The SMILES string of the molecule is NCc1cccc(-c2cc(COc3ccccc3CC(=O)O)cc3cc(CNCc4cccnc4)oc23)c1. The highest BCUT2D eigenvalue weighted by molar-refractivity contribution is 5.93. The zero-order valence-corrected chi connectivity index (χ0v) is 20.9. The molecule has 7 heteroatoms. The highest BCUT2D eigenvalue weighted by Crippen LogP contribution is 2.34. The second kappa shape index (κ2) is 11.7. The first-order valence-corrected chi connectivity index (χ1v) is 12.5. The number of pyridine rings is 1. The van der Waals surface area contributed by atoms with Crippen molar-refractivity contribution in [3.05, 3.63) is 119 Å². The van der Waals surface area contributed by atoms with Crippen LogP contribution in [-0.2, 0) is 37.5 Å². The maximum Gasteiger partial charge on any atom is 0.307 e. The number of nitrogens with two attached hydrogens (primary N) is 1. The van der Waals surface area contributed by atoms with Gasteiger partial charge in [0, 0.05) is 42.0 Å². The molecule has 0 saturated carbocycles. The largest absolute Gasteiger partial charge is 0.489 e. The maximum absolute atomic E-state index is 11.3. The zero-order valence-electron chi connectivity index (χ0n) is 20.9. The summed E-state index contributed by atoms with van der Waals surface area (Å²) in [5.41, 5.74) is 12.4. The molecule has 5 rings (SSSR count). The molecule has 0 radical (unpaired) electrons. The summed E-state index contributed by atoms with van der Waals surface area (Å²) in [7, 11) is 0. The number of ether oxygens (including phenoxy) is 1. The molecule has 0 aliphatic heterocycles. The number of aromatic nitrogens is 1. The van der Waals surface area contributed by atoms with Crippen LogP contribution in [0.2, 0.25) is 0 Å². The van der Waals surface area contributed by atoms with Crippen LogP contribution in [-0.4, -0.2) is 16.1 Å². The first-order valence-electron chi connectivity index (χ1n) is 12.5. The van der Waals surface area contributed by atoms with Crippen LogP contribution in [0.5, 0.6) is 5.75 Å². The lowest BCUT2D eigenvalue weighted by Crippen LogP contribution is -2.12. The van der Waals surface area contributed by atoms with Crippen molar-refractivity contribution >= 4 is 16.9 Å². The van der Waals surface area contributed by atoms with Crippen LogP contribution in [0.25, 0.3) is 22.1 Å². The van der Waals surface area contributed by atoms with Crippen molar-refractivity contribution in [1.82, 2.24) is 10.3 Å². The second-order valence-electron chi connectivity index (χ2n) is 9.11. The molecule has 5 aromatic rings. The van der Waals surface area contributed by atoms with E-state index in [0.717, 1.165) is 44.5 Å². The van der Waals surface area contributed by atoms with E-state index < -0.39 is 5.97 Å². The Labute approximate surface area is 220 Å². The fourth-order valence-electron chi connectivity index (χ4n) is 4.47. The quantitative estimate of drug-likeness (QED) is 0.218. The van der Waals surface area contributed by atoms with Gasteiger partial charge in [-0.2, -0.15) is 0 Å². The van der Waals surface area contributed by atoms with E-state index in [4.69, 9.17) is 14.9 Å². The fourth-order valence-corrected chi connectivity index (χ4v) is 4.47. The minimum atomic E-state index is -0.896. The van der Waals surface area contributed by atoms with Crippen LogP contribution in [0, 0.1) is 0 Å². The number of nitrogens with one attached hydrogen (secondary N) is 1. The zero-order chi connectivity index (χ0) is 26.3. The van der Waals surface area contributed by atoms with E-state index in [0.29, 0.717) is 30.9 Å². The minimum Gasteiger partial charge on any atom is -0.489 e. The van der Waals surface area contributed by atoms with Gasteiger partial charge in [-0.15, -0.1) is 0 Å². The molecule has 2 heterocycles. The predicted molar refractivity (Wildman–Crippen MR) is 146 cm³/mol. The van der Waals surface area contributed by atoms with Crippen LogP contribution in [0.3, 0.4) is 0 Å². The number of hydrogen-bond donors (Lipinski definition) is 3. The van der Waals surface area contributed by atoms with Gasteiger partial charge in [0.2, 0.25) is 0 Å². The third-order valence-electron chi connectivity index (χ3n) is 6.26. The lowest BCUT2D eigenvalue weighted by molar-refractivity contribution is -0.136. The number of carboxylic acid groups (broad SMARTS) is 1. The third-order valence-corrected chi connectivity index (χ3v) is 6.26. The molecule has 3 aromatic carbocycles. The van der Waals surface area contributed by atoms with E-state index in [2.05, 4.69) is 28.5 Å². The molecule has 0 aliphatic rings. The number of aliphatic carboxylic acids is 1. The van der Waals surface area contributed by atoms with Crippen molar-refractivity contribution in [2.24, 2.45) is 5.73 Å². The van der Waals surface area contributed by atoms with E-state index in [1.54, 1.807) is 18.3 Å². The summed E-state index contributed by atoms with van der Waals surface area (Å²) in [6, 6.07) is 25.5. The van der Waals surface area contributed by atoms with Gasteiger partial charge in [0.25, 0.3) is 0 Å². The fraction of sp³-hybridized carbons (Fsp3) is 0.161. The number of furan rings is 1. The number of rotatable bonds is 11. The molecule has 7 nitrogen and oxygen atoms in total. The summed E-state index contributed by atoms with van der Waals surface area (Å²) < 4.78 is 12.4. The normalized spacial score (nSPS) is 11.1. The second-order valence-corrected chi connectivity index (χ2v) is 9.11. The number of fused-ring (bicyclic) bond motifs is 1. The van der Waals surface area contributed by atoms with Crippen molar-refractivity contribution < 1.29 is 19.1 Å². The van der Waals surface area contributed by atoms with Crippen LogP contribution in [0.4, 0.5) is 0 Å². The number of benzene rings is 3. The molecule has 192 valence electrons. The van der Waals surface area contributed by atoms with Crippen LogP contribution in [0.15, 0.2) is 95.7 Å². The van der Waals surface area contributed by atoms with Crippen molar-refractivity contribution in [3.8, 4) is 16.9 Å². The van der Waals surface area contributed by atoms with Gasteiger partial charge in [0.1, 0.15) is 23.7 Å². The lowest BCUT2D eigenvalue weighted by atomic mass is 9.99. The van der Waals surface area contributed by atoms with Crippen molar-refractivity contribution in [1.29, 1.82) is 0 Å². The third kappa shape index (κ3) is 6.08. The van der Waals surface area contributed by atoms with Crippen molar-refractivity contribution in [3.63, 3.8) is 0 Å². The average Bonchev–Trinajstić information content (AvgIpc) is 3.35. The number of carbonyl (C=O) groups is 1. The molecule has 4 N–H and O–H groups in total. The van der Waals surface area contributed by atoms with E-state index in [-0.39, 0.29) is 13.0 Å². The Bertz CT molecular complexity index is 1550. The molecule has 0 bridgehead atoms. The Hall–Kier alpha value is -4.46. The van der Waals surface area contributed by atoms with Crippen molar-refractivity contribution in [2.45, 2.75) is 32.7 Å². The molecule has 0 unspecified atom stereocenters. The van der Waals surface area contributed by atoms with E-state index >= 15 is 0 Å². The average molecular weight is 508 g/mol. The smallest absolute Gasteiger partial charge is 0.307 e. The van der Waals surface area contributed by atoms with E-state index in [1.807, 2.05) is 54.7 Å². The Morgan fingerprint density at radius 1 is 0.947 bits per heavy atom. The Kier molecular flexibility index (Phi) is 7.78. The molecule has 0 atom stereocenters. The van der Waals surface area contributed by atoms with Crippen molar-refractivity contribution in [2.75, 3.05) is 0 Å². The molecule has 0 amide bonds. The minimum absolute atomic E-state index is 0.0938. The standard InChI is InChI=1S/C31H29N3O4/c32-16-21-5-3-8-24(11-21)28-13-23(20-37-29-9-2-1-7-25(29)15-30(35)36)12-26-14-27(38-31(26)28)19-34-18-22-6-4-10-33-17-22/h1-14,17,34H,15-16,18-20,32H2,(H,35,36). The van der Waals surface area contributed by atoms with Crippen LogP contribution in [0.1, 0.15) is 28.0 Å². The number of hydrogen-bond acceptors (Lipinski definition) is 6. The summed E-state index contributed by atoms with van der Waals surface area (Å²) in [6.07, 6.45) is 3.51. The first kappa shape index (κ1) is 25.2. The molecule has 2 aromatic heterocycles. The van der Waals surface area contributed by atoms with Gasteiger partial charge in [0.05, 0.1) is 13.0 Å². The Balaban J connectivity index is 1.44. The monoisotopic (exact) mass is 507 g/mol. The van der Waals surface area contributed by atoms with Gasteiger partial charge in [-0.1, -0.05) is 42.5 Å². The van der Waals surface area contributed by atoms with Gasteiger partial charge < -0.3 is 25.3 Å². The topological polar surface area (TPSA) is 111 Å². The molecule has 0 saturated heterocycles. The molecular weight excluding hydrogens is 478 g/mol. The maximum atomic E-state index is 11.3. The molecule has 38 heavy (non-hydrogen) atoms. The number of para-hydroxylation sites is 1. The highest BCUT2D eigenvalue weighted by atomic mass is 16.5. The molecule has 0 aliphatic carbocycles. The summed E-state index contributed by atoms with van der Waals surface area (Å²) in [5.74, 6) is 0.492. The Morgan fingerprint density at radius 2 is 1.82 bits per heavy atom. The van der Waals surface area contributed by atoms with Gasteiger partial charge in [0.15, 0.2) is 0 Å². The number of carboxylic acids is 1. The predicted octanol–water partition coefficient (Wildman–Crippen LogP) is 5.45.